The Bertz CT molecular complexity index is 920. The number of aryl methyl sites for hydroxylation is 1. The summed E-state index contributed by atoms with van der Waals surface area (Å²) in [6.45, 7) is 1.81. The van der Waals surface area contributed by atoms with Crippen molar-refractivity contribution >= 4 is 11.7 Å². The van der Waals surface area contributed by atoms with Crippen molar-refractivity contribution < 1.29 is 4.79 Å². The van der Waals surface area contributed by atoms with Crippen molar-refractivity contribution in [2.75, 3.05) is 5.32 Å². The molecule has 0 aliphatic heterocycles. The van der Waals surface area contributed by atoms with Gasteiger partial charge in [0.05, 0.1) is 11.9 Å². The number of hydrogen-bond acceptors (Lipinski definition) is 4. The van der Waals surface area contributed by atoms with Crippen LogP contribution in [0.4, 0.5) is 5.82 Å². The third-order valence-electron chi connectivity index (χ3n) is 3.44. The van der Waals surface area contributed by atoms with Crippen LogP contribution in [0.2, 0.25) is 0 Å². The van der Waals surface area contributed by atoms with Gasteiger partial charge in [0, 0.05) is 18.0 Å². The van der Waals surface area contributed by atoms with Crippen molar-refractivity contribution in [3.8, 4) is 11.3 Å². The van der Waals surface area contributed by atoms with Crippen molar-refractivity contribution in [3.05, 3.63) is 77.0 Å². The van der Waals surface area contributed by atoms with Gasteiger partial charge in [-0.05, 0) is 24.6 Å². The van der Waals surface area contributed by atoms with E-state index in [9.17, 15) is 9.59 Å². The fraction of sp³-hybridized carbons (Fsp3) is 0.111. The Labute approximate surface area is 138 Å². The normalized spacial score (nSPS) is 10.4. The lowest BCUT2D eigenvalue weighted by Gasteiger charge is -2.08. The molecule has 1 N–H and O–H groups in total. The lowest BCUT2D eigenvalue weighted by molar-refractivity contribution is -0.116. The van der Waals surface area contributed by atoms with Gasteiger partial charge in [-0.3, -0.25) is 9.59 Å². The predicted octanol–water partition coefficient (Wildman–Crippen LogP) is 2.25. The quantitative estimate of drug-likeness (QED) is 0.800. The largest absolute Gasteiger partial charge is 0.309 e. The van der Waals surface area contributed by atoms with E-state index in [1.165, 1.54) is 10.8 Å². The van der Waals surface area contributed by atoms with Gasteiger partial charge >= 0.3 is 0 Å². The van der Waals surface area contributed by atoms with Gasteiger partial charge in [0.2, 0.25) is 5.91 Å². The number of nitrogens with zero attached hydrogens (tertiary/aromatic N) is 3. The average molecular weight is 320 g/mol. The molecule has 24 heavy (non-hydrogen) atoms. The molecule has 0 atom stereocenters. The predicted molar refractivity (Wildman–Crippen MR) is 91.5 cm³/mol. The molecule has 0 radical (unpaired) electrons. The molecule has 0 aliphatic rings. The lowest BCUT2D eigenvalue weighted by atomic mass is 10.2. The first-order valence-electron chi connectivity index (χ1n) is 7.46. The number of amides is 1. The van der Waals surface area contributed by atoms with E-state index in [-0.39, 0.29) is 18.0 Å². The van der Waals surface area contributed by atoms with Crippen molar-refractivity contribution in [1.82, 2.24) is 14.5 Å². The maximum Gasteiger partial charge on any atom is 0.269 e. The summed E-state index contributed by atoms with van der Waals surface area (Å²) >= 11 is 0. The first-order chi connectivity index (χ1) is 11.6. The number of rotatable bonds is 4. The number of benzene rings is 1. The molecule has 1 amide bonds. The molecule has 120 valence electrons. The van der Waals surface area contributed by atoms with E-state index < -0.39 is 0 Å². The van der Waals surface area contributed by atoms with E-state index in [1.807, 2.05) is 43.3 Å². The maximum atomic E-state index is 12.2. The third kappa shape index (κ3) is 3.73. The maximum absolute atomic E-state index is 12.2. The number of carbonyl (C=O) groups excluding carboxylic acids is 1. The SMILES string of the molecule is Cc1ccnc(NC(=O)Cn2cc(-c3ccccc3)ncc2=O)c1. The second-order valence-corrected chi connectivity index (χ2v) is 5.37. The van der Waals surface area contributed by atoms with Gasteiger partial charge in [0.25, 0.3) is 5.56 Å². The molecule has 0 bridgehead atoms. The Morgan fingerprint density at radius 1 is 1.17 bits per heavy atom. The number of pyridine rings is 1. The number of carbonyl (C=O) groups is 1. The molecule has 1 aromatic carbocycles. The van der Waals surface area contributed by atoms with Crippen LogP contribution in [0.1, 0.15) is 5.56 Å². The van der Waals surface area contributed by atoms with Crippen molar-refractivity contribution in [1.29, 1.82) is 0 Å². The summed E-state index contributed by atoms with van der Waals surface area (Å²) < 4.78 is 1.33. The zero-order chi connectivity index (χ0) is 16.9. The molecule has 0 saturated carbocycles. The third-order valence-corrected chi connectivity index (χ3v) is 3.44. The van der Waals surface area contributed by atoms with Gasteiger partial charge in [-0.15, -0.1) is 0 Å². The highest BCUT2D eigenvalue weighted by atomic mass is 16.2. The molecule has 6 heteroatoms. The summed E-state index contributed by atoms with van der Waals surface area (Å²) in [6.07, 6.45) is 4.43. The highest BCUT2D eigenvalue weighted by molar-refractivity contribution is 5.89. The molecule has 0 unspecified atom stereocenters. The summed E-state index contributed by atoms with van der Waals surface area (Å²) in [5, 5.41) is 2.69. The Balaban J connectivity index is 1.79. The minimum atomic E-state index is -0.331. The number of hydrogen-bond donors (Lipinski definition) is 1. The Morgan fingerprint density at radius 2 is 1.96 bits per heavy atom. The van der Waals surface area contributed by atoms with Gasteiger partial charge in [0.1, 0.15) is 12.4 Å². The Morgan fingerprint density at radius 3 is 2.71 bits per heavy atom. The molecule has 6 nitrogen and oxygen atoms in total. The molecule has 2 aromatic heterocycles. The average Bonchev–Trinajstić information content (AvgIpc) is 2.57. The van der Waals surface area contributed by atoms with Crippen molar-refractivity contribution in [2.45, 2.75) is 13.5 Å². The highest BCUT2D eigenvalue weighted by Crippen LogP contribution is 2.14. The zero-order valence-corrected chi connectivity index (χ0v) is 13.1. The smallest absolute Gasteiger partial charge is 0.269 e. The molecular weight excluding hydrogens is 304 g/mol. The standard InChI is InChI=1S/C18H16N4O2/c1-13-7-8-19-16(9-13)21-17(23)12-22-11-15(20-10-18(22)24)14-5-3-2-4-6-14/h2-11H,12H2,1H3,(H,19,21,23). The minimum absolute atomic E-state index is 0.100. The Kier molecular flexibility index (Phi) is 4.47. The second kappa shape index (κ2) is 6.87. The van der Waals surface area contributed by atoms with Crippen LogP contribution in [0.25, 0.3) is 11.3 Å². The van der Waals surface area contributed by atoms with Crippen LogP contribution >= 0.6 is 0 Å². The van der Waals surface area contributed by atoms with E-state index >= 15 is 0 Å². The summed E-state index contributed by atoms with van der Waals surface area (Å²) in [5.74, 6) is 0.144. The molecule has 3 rings (SSSR count). The molecule has 0 fully saturated rings. The fourth-order valence-corrected chi connectivity index (χ4v) is 2.27. The van der Waals surface area contributed by atoms with Gasteiger partial charge in [0.15, 0.2) is 0 Å². The van der Waals surface area contributed by atoms with E-state index in [4.69, 9.17) is 0 Å². The van der Waals surface area contributed by atoms with Gasteiger partial charge in [-0.2, -0.15) is 0 Å². The molecule has 0 spiro atoms. The number of aromatic nitrogens is 3. The minimum Gasteiger partial charge on any atom is -0.309 e. The van der Waals surface area contributed by atoms with Crippen molar-refractivity contribution in [3.63, 3.8) is 0 Å². The first-order valence-corrected chi connectivity index (χ1v) is 7.46. The van der Waals surface area contributed by atoms with Crippen LogP contribution in [0.15, 0.2) is 65.8 Å². The van der Waals surface area contributed by atoms with Crippen LogP contribution in [0, 0.1) is 6.92 Å². The first kappa shape index (κ1) is 15.6. The molecule has 0 saturated heterocycles. The molecule has 2 heterocycles. The van der Waals surface area contributed by atoms with Gasteiger partial charge in [-0.1, -0.05) is 30.3 Å². The highest BCUT2D eigenvalue weighted by Gasteiger charge is 2.08. The van der Waals surface area contributed by atoms with Crippen LogP contribution in [-0.4, -0.2) is 20.4 Å². The van der Waals surface area contributed by atoms with Gasteiger partial charge in [-0.25, -0.2) is 9.97 Å². The summed E-state index contributed by atoms with van der Waals surface area (Å²) in [7, 11) is 0. The Hall–Kier alpha value is -3.28. The van der Waals surface area contributed by atoms with Crippen molar-refractivity contribution in [2.24, 2.45) is 0 Å². The van der Waals surface area contributed by atoms with Crippen LogP contribution in [-0.2, 0) is 11.3 Å². The van der Waals surface area contributed by atoms with Crippen LogP contribution in [0.3, 0.4) is 0 Å². The topological polar surface area (TPSA) is 76.9 Å². The lowest BCUT2D eigenvalue weighted by Crippen LogP contribution is -2.27. The summed E-state index contributed by atoms with van der Waals surface area (Å²) in [4.78, 5) is 32.3. The second-order valence-electron chi connectivity index (χ2n) is 5.37. The van der Waals surface area contributed by atoms with E-state index in [0.717, 1.165) is 11.1 Å². The molecule has 3 aromatic rings. The molecule has 0 aliphatic carbocycles. The number of nitrogens with one attached hydrogen (secondary N) is 1. The van der Waals surface area contributed by atoms with E-state index in [1.54, 1.807) is 18.5 Å². The number of anilines is 1. The summed E-state index contributed by atoms with van der Waals surface area (Å²) in [5.41, 5.74) is 2.18. The zero-order valence-electron chi connectivity index (χ0n) is 13.1. The van der Waals surface area contributed by atoms with Crippen LogP contribution < -0.4 is 10.9 Å². The molecular formula is C18H16N4O2. The fourth-order valence-electron chi connectivity index (χ4n) is 2.27. The van der Waals surface area contributed by atoms with Crippen LogP contribution in [0.5, 0.6) is 0 Å². The van der Waals surface area contributed by atoms with Gasteiger partial charge < -0.3 is 9.88 Å². The van der Waals surface area contributed by atoms with E-state index in [0.29, 0.717) is 11.5 Å². The summed E-state index contributed by atoms with van der Waals surface area (Å²) in [6, 6.07) is 13.1. The van der Waals surface area contributed by atoms with E-state index in [2.05, 4.69) is 15.3 Å². The monoisotopic (exact) mass is 320 g/mol.